The van der Waals surface area contributed by atoms with Gasteiger partial charge in [0.25, 0.3) is 0 Å². The van der Waals surface area contributed by atoms with Gasteiger partial charge in [0, 0.05) is 51.9 Å². The van der Waals surface area contributed by atoms with Gasteiger partial charge in [0.1, 0.15) is 11.9 Å². The highest BCUT2D eigenvalue weighted by Crippen LogP contribution is 2.50. The molecule has 4 atom stereocenters. The number of rotatable bonds is 10. The predicted octanol–water partition coefficient (Wildman–Crippen LogP) is 8.44. The van der Waals surface area contributed by atoms with E-state index in [1.165, 1.54) is 6.07 Å². The van der Waals surface area contributed by atoms with Gasteiger partial charge in [-0.1, -0.05) is 79.7 Å². The number of carbonyl (C=O) groups excluding carboxylic acids is 2. The summed E-state index contributed by atoms with van der Waals surface area (Å²) in [5, 5.41) is 10.1. The predicted molar refractivity (Wildman–Crippen MR) is 214 cm³/mol. The van der Waals surface area contributed by atoms with Crippen LogP contribution in [-0.4, -0.2) is 45.4 Å². The van der Waals surface area contributed by atoms with Crippen molar-refractivity contribution >= 4 is 33.8 Å². The normalized spacial score (nSPS) is 21.3. The highest BCUT2D eigenvalue weighted by molar-refractivity contribution is 7.84. The lowest BCUT2D eigenvalue weighted by Gasteiger charge is -2.46. The van der Waals surface area contributed by atoms with E-state index in [4.69, 9.17) is 0 Å². The van der Waals surface area contributed by atoms with Crippen molar-refractivity contribution < 1.29 is 18.2 Å². The number of carbonyl (C=O) groups is 2. The summed E-state index contributed by atoms with van der Waals surface area (Å²) < 4.78 is 26.8. The molecule has 4 aromatic carbocycles. The molecule has 1 heterocycles. The molecule has 6 nitrogen and oxygen atoms in total. The number of halogens is 1. The van der Waals surface area contributed by atoms with E-state index < -0.39 is 16.8 Å². The van der Waals surface area contributed by atoms with Crippen molar-refractivity contribution in [2.45, 2.75) is 101 Å². The first-order valence-electron chi connectivity index (χ1n) is 18.6. The second kappa shape index (κ2) is 15.5. The molecule has 8 heteroatoms. The van der Waals surface area contributed by atoms with Crippen molar-refractivity contribution in [1.29, 1.82) is 0 Å². The monoisotopic (exact) mass is 733 g/mol. The smallest absolute Gasteiger partial charge is 0.243 e. The summed E-state index contributed by atoms with van der Waals surface area (Å²) in [4.78, 5) is 29.0. The number of piperidine rings is 1. The van der Waals surface area contributed by atoms with Crippen molar-refractivity contribution in [3.05, 3.63) is 125 Å². The van der Waals surface area contributed by atoms with Crippen LogP contribution in [0, 0.1) is 11.7 Å². The quantitative estimate of drug-likeness (QED) is 0.153. The van der Waals surface area contributed by atoms with Crippen LogP contribution in [0.4, 0.5) is 4.39 Å². The van der Waals surface area contributed by atoms with E-state index in [9.17, 15) is 18.2 Å². The van der Waals surface area contributed by atoms with Crippen molar-refractivity contribution in [2.24, 2.45) is 5.92 Å². The fourth-order valence-electron chi connectivity index (χ4n) is 8.77. The second-order valence-electron chi connectivity index (χ2n) is 16.2. The van der Waals surface area contributed by atoms with Gasteiger partial charge < -0.3 is 16.0 Å². The van der Waals surface area contributed by atoms with Gasteiger partial charge >= 0.3 is 0 Å². The molecule has 53 heavy (non-hydrogen) atoms. The van der Waals surface area contributed by atoms with Crippen LogP contribution in [0.15, 0.2) is 102 Å². The lowest BCUT2D eigenvalue weighted by Crippen LogP contribution is -2.63. The van der Waals surface area contributed by atoms with Gasteiger partial charge in [0.2, 0.25) is 11.8 Å². The molecule has 4 unspecified atom stereocenters. The number of hydrogen-bond donors (Lipinski definition) is 3. The maximum absolute atomic E-state index is 14.8. The lowest BCUT2D eigenvalue weighted by atomic mass is 9.79. The topological polar surface area (TPSA) is 87.3 Å². The minimum Gasteiger partial charge on any atom is -0.351 e. The SMILES string of the molecule is C/C(=C1/c2ccc(F)cc2C(CC(=O)NC(Cc2ccc(-c3ccccc3)cc2)C(=O)NC2CC(C)(C)NC(C)(C)C2)C1C)c1ccc(S(C)=O)cc1. The third-order valence-corrected chi connectivity index (χ3v) is 11.8. The molecule has 0 saturated carbocycles. The Morgan fingerprint density at radius 3 is 2.13 bits per heavy atom. The summed E-state index contributed by atoms with van der Waals surface area (Å²) in [5.41, 5.74) is 7.62. The number of hydrogen-bond acceptors (Lipinski definition) is 4. The third-order valence-electron chi connectivity index (χ3n) is 10.9. The summed E-state index contributed by atoms with van der Waals surface area (Å²) in [7, 11) is -1.08. The number of nitrogens with one attached hydrogen (secondary N) is 3. The maximum atomic E-state index is 14.8. The lowest BCUT2D eigenvalue weighted by molar-refractivity contribution is -0.130. The molecular weight excluding hydrogens is 682 g/mol. The van der Waals surface area contributed by atoms with Gasteiger partial charge in [-0.05, 0) is 128 Å². The first kappa shape index (κ1) is 38.3. The average Bonchev–Trinajstić information content (AvgIpc) is 3.36. The number of allylic oxidation sites excluding steroid dienone is 2. The highest BCUT2D eigenvalue weighted by Gasteiger charge is 2.40. The number of benzene rings is 4. The van der Waals surface area contributed by atoms with E-state index in [2.05, 4.69) is 74.8 Å². The summed E-state index contributed by atoms with van der Waals surface area (Å²) in [6, 6.07) is 29.9. The van der Waals surface area contributed by atoms with Gasteiger partial charge in [-0.2, -0.15) is 0 Å². The molecule has 0 radical (unpaired) electrons. The minimum atomic E-state index is -1.08. The van der Waals surface area contributed by atoms with Crippen LogP contribution in [-0.2, 0) is 26.8 Å². The zero-order valence-corrected chi connectivity index (χ0v) is 32.7. The first-order chi connectivity index (χ1) is 25.1. The molecule has 4 aromatic rings. The fraction of sp³-hybridized carbons (Fsp3) is 0.378. The molecule has 0 aromatic heterocycles. The summed E-state index contributed by atoms with van der Waals surface area (Å²) in [5.74, 6) is -1.18. The Hall–Kier alpha value is -4.40. The Morgan fingerprint density at radius 1 is 0.887 bits per heavy atom. The van der Waals surface area contributed by atoms with E-state index in [0.717, 1.165) is 62.3 Å². The van der Waals surface area contributed by atoms with Crippen molar-refractivity contribution in [2.75, 3.05) is 6.26 Å². The van der Waals surface area contributed by atoms with Gasteiger partial charge in [-0.15, -0.1) is 0 Å². The van der Waals surface area contributed by atoms with Gasteiger partial charge in [-0.25, -0.2) is 4.39 Å². The van der Waals surface area contributed by atoms with E-state index in [-0.39, 0.29) is 53.0 Å². The molecule has 1 aliphatic carbocycles. The van der Waals surface area contributed by atoms with Crippen molar-refractivity contribution in [1.82, 2.24) is 16.0 Å². The zero-order chi connectivity index (χ0) is 38.1. The molecule has 1 saturated heterocycles. The highest BCUT2D eigenvalue weighted by atomic mass is 32.2. The Balaban J connectivity index is 1.25. The molecule has 0 bridgehead atoms. The van der Waals surface area contributed by atoms with Crippen LogP contribution in [0.3, 0.4) is 0 Å². The fourth-order valence-corrected chi connectivity index (χ4v) is 9.29. The summed E-state index contributed by atoms with van der Waals surface area (Å²) in [6.07, 6.45) is 3.63. The van der Waals surface area contributed by atoms with Crippen LogP contribution in [0.2, 0.25) is 0 Å². The summed E-state index contributed by atoms with van der Waals surface area (Å²) >= 11 is 0. The molecule has 1 aliphatic heterocycles. The van der Waals surface area contributed by atoms with E-state index in [0.29, 0.717) is 6.42 Å². The average molecular weight is 734 g/mol. The minimum absolute atomic E-state index is 0.0552. The van der Waals surface area contributed by atoms with E-state index in [1.54, 1.807) is 12.3 Å². The molecule has 2 amide bonds. The number of amides is 2. The van der Waals surface area contributed by atoms with Crippen LogP contribution >= 0.6 is 0 Å². The molecule has 0 spiro atoms. The molecule has 278 valence electrons. The van der Waals surface area contributed by atoms with E-state index in [1.807, 2.05) is 67.6 Å². The third kappa shape index (κ3) is 9.05. The molecule has 1 fully saturated rings. The number of fused-ring (bicyclic) bond motifs is 1. The van der Waals surface area contributed by atoms with Crippen LogP contribution in [0.1, 0.15) is 89.0 Å². The first-order valence-corrected chi connectivity index (χ1v) is 20.1. The molecular formula is C45H52FN3O3S. The van der Waals surface area contributed by atoms with Crippen LogP contribution in [0.5, 0.6) is 0 Å². The molecule has 2 aliphatic rings. The van der Waals surface area contributed by atoms with Crippen LogP contribution in [0.25, 0.3) is 22.3 Å². The second-order valence-corrected chi connectivity index (χ2v) is 17.6. The van der Waals surface area contributed by atoms with Crippen LogP contribution < -0.4 is 16.0 Å². The summed E-state index contributed by atoms with van der Waals surface area (Å²) in [6.45, 7) is 12.7. The van der Waals surface area contributed by atoms with Crippen molar-refractivity contribution in [3.8, 4) is 11.1 Å². The molecule has 3 N–H and O–H groups in total. The Labute approximate surface area is 316 Å². The Bertz CT molecular complexity index is 2010. The standard InChI is InChI=1S/C45H52FN3O3S/c1-28(31-17-20-36(21-18-31)53(7)52)42-29(2)38(39-24-34(46)19-22-37(39)42)25-41(50)48-40(43(51)47-35-26-44(3,4)49-45(5,6)27-35)23-30-13-15-33(16-14-30)32-11-9-8-10-12-32/h8-22,24,29,35,38,40,49H,23,25-27H2,1-7H3,(H,47,51)(H,48,50)/b42-28-. The molecule has 6 rings (SSSR count). The largest absolute Gasteiger partial charge is 0.351 e. The van der Waals surface area contributed by atoms with Gasteiger partial charge in [-0.3, -0.25) is 13.8 Å². The van der Waals surface area contributed by atoms with Gasteiger partial charge in [0.05, 0.1) is 0 Å². The van der Waals surface area contributed by atoms with E-state index >= 15 is 0 Å². The van der Waals surface area contributed by atoms with Crippen molar-refractivity contribution in [3.63, 3.8) is 0 Å². The Morgan fingerprint density at radius 2 is 1.51 bits per heavy atom. The van der Waals surface area contributed by atoms with Gasteiger partial charge in [0.15, 0.2) is 0 Å². The zero-order valence-electron chi connectivity index (χ0n) is 31.9. The maximum Gasteiger partial charge on any atom is 0.243 e. The Kier molecular flexibility index (Phi) is 11.2.